The maximum Gasteiger partial charge on any atom is 0.0367 e. The van der Waals surface area contributed by atoms with Crippen LogP contribution in [0.2, 0.25) is 0 Å². The fourth-order valence-electron chi connectivity index (χ4n) is 2.15. The normalized spacial score (nSPS) is 10.5. The summed E-state index contributed by atoms with van der Waals surface area (Å²) in [5.74, 6) is 0. The van der Waals surface area contributed by atoms with Crippen LogP contribution in [0, 0.1) is 0 Å². The van der Waals surface area contributed by atoms with E-state index in [-0.39, 0.29) is 0 Å². The van der Waals surface area contributed by atoms with Crippen LogP contribution in [0.25, 0.3) is 0 Å². The molecule has 0 unspecified atom stereocenters. The Kier molecular flexibility index (Phi) is 3.80. The fourth-order valence-corrected chi connectivity index (χ4v) is 2.15. The molecule has 0 radical (unpaired) electrons. The van der Waals surface area contributed by atoms with Gasteiger partial charge < -0.3 is 22.9 Å². The minimum Gasteiger partial charge on any atom is -0.399 e. The number of hydrogen-bond donors (Lipinski definition) is 4. The van der Waals surface area contributed by atoms with Gasteiger partial charge in [-0.2, -0.15) is 0 Å². The third kappa shape index (κ3) is 3.31. The Morgan fingerprint density at radius 2 is 1.05 bits per heavy atom. The first-order valence-electron chi connectivity index (χ1n) is 6.34. The Bertz CT molecular complexity index is 527. The van der Waals surface area contributed by atoms with Gasteiger partial charge in [0.2, 0.25) is 0 Å². The molecule has 0 atom stereocenters. The van der Waals surface area contributed by atoms with Gasteiger partial charge >= 0.3 is 0 Å². The third-order valence-electron chi connectivity index (χ3n) is 3.23. The van der Waals surface area contributed by atoms with E-state index in [4.69, 9.17) is 22.9 Å². The molecule has 8 N–H and O–H groups in total. The molecule has 0 aliphatic rings. The Hall–Kier alpha value is -2.36. The van der Waals surface area contributed by atoms with Crippen molar-refractivity contribution in [1.29, 1.82) is 0 Å². The summed E-state index contributed by atoms with van der Waals surface area (Å²) in [6.07, 6.45) is 2.81. The van der Waals surface area contributed by atoms with Gasteiger partial charge in [-0.3, -0.25) is 0 Å². The van der Waals surface area contributed by atoms with Crippen LogP contribution in [0.5, 0.6) is 0 Å². The molecule has 0 aromatic heterocycles. The van der Waals surface area contributed by atoms with E-state index < -0.39 is 0 Å². The molecular formula is C15H20N4. The van der Waals surface area contributed by atoms with E-state index in [0.29, 0.717) is 11.4 Å². The van der Waals surface area contributed by atoms with Crippen LogP contribution in [0.3, 0.4) is 0 Å². The maximum atomic E-state index is 5.93. The Morgan fingerprint density at radius 3 is 1.42 bits per heavy atom. The van der Waals surface area contributed by atoms with E-state index in [1.54, 1.807) is 12.1 Å². The number of anilines is 4. The summed E-state index contributed by atoms with van der Waals surface area (Å²) in [4.78, 5) is 0. The zero-order chi connectivity index (χ0) is 13.8. The number of rotatable bonds is 4. The predicted octanol–water partition coefficient (Wildman–Crippen LogP) is 2.19. The van der Waals surface area contributed by atoms with Gasteiger partial charge in [0.15, 0.2) is 0 Å². The Balaban J connectivity index is 1.96. The second-order valence-electron chi connectivity index (χ2n) is 4.77. The van der Waals surface area contributed by atoms with E-state index in [0.717, 1.165) is 41.8 Å². The van der Waals surface area contributed by atoms with Crippen LogP contribution in [-0.2, 0) is 12.8 Å². The molecule has 4 heteroatoms. The van der Waals surface area contributed by atoms with Crippen LogP contribution < -0.4 is 22.9 Å². The molecule has 4 nitrogen and oxygen atoms in total. The topological polar surface area (TPSA) is 104 Å². The smallest absolute Gasteiger partial charge is 0.0367 e. The minimum absolute atomic E-state index is 0.698. The van der Waals surface area contributed by atoms with Crippen molar-refractivity contribution in [1.82, 2.24) is 0 Å². The summed E-state index contributed by atoms with van der Waals surface area (Å²) >= 11 is 0. The first-order chi connectivity index (χ1) is 9.06. The second-order valence-corrected chi connectivity index (χ2v) is 4.77. The average Bonchev–Trinajstić information content (AvgIpc) is 2.34. The van der Waals surface area contributed by atoms with E-state index in [1.807, 2.05) is 24.3 Å². The number of benzene rings is 2. The molecule has 0 heterocycles. The molecule has 0 saturated heterocycles. The van der Waals surface area contributed by atoms with Crippen LogP contribution in [0.1, 0.15) is 17.5 Å². The van der Waals surface area contributed by atoms with Crippen molar-refractivity contribution < 1.29 is 0 Å². The van der Waals surface area contributed by atoms with Crippen molar-refractivity contribution in [2.75, 3.05) is 22.9 Å². The number of nitrogen functional groups attached to an aromatic ring is 4. The molecule has 0 aliphatic heterocycles. The van der Waals surface area contributed by atoms with Gasteiger partial charge in [-0.05, 0) is 54.7 Å². The standard InChI is InChI=1S/C15H20N4/c16-12-6-4-10(14(18)8-12)2-1-3-11-5-7-13(17)9-15(11)19/h4-9H,1-3,16-19H2. The van der Waals surface area contributed by atoms with Crippen LogP contribution in [0.4, 0.5) is 22.7 Å². The maximum absolute atomic E-state index is 5.93. The van der Waals surface area contributed by atoms with Crippen molar-refractivity contribution in [3.05, 3.63) is 47.5 Å². The van der Waals surface area contributed by atoms with Gasteiger partial charge in [-0.25, -0.2) is 0 Å². The quantitative estimate of drug-likeness (QED) is 0.629. The highest BCUT2D eigenvalue weighted by Gasteiger charge is 2.03. The van der Waals surface area contributed by atoms with Crippen molar-refractivity contribution >= 4 is 22.7 Å². The molecule has 0 fully saturated rings. The highest BCUT2D eigenvalue weighted by molar-refractivity contribution is 5.58. The SMILES string of the molecule is Nc1ccc(CCCc2ccc(N)cc2N)c(N)c1. The second kappa shape index (κ2) is 5.52. The Morgan fingerprint density at radius 1 is 0.632 bits per heavy atom. The van der Waals surface area contributed by atoms with Gasteiger partial charge in [0, 0.05) is 22.7 Å². The molecule has 0 spiro atoms. The van der Waals surface area contributed by atoms with Crippen LogP contribution >= 0.6 is 0 Å². The van der Waals surface area contributed by atoms with E-state index in [9.17, 15) is 0 Å². The molecule has 0 bridgehead atoms. The lowest BCUT2D eigenvalue weighted by molar-refractivity contribution is 0.824. The number of hydrogen-bond acceptors (Lipinski definition) is 4. The first kappa shape index (κ1) is 13.1. The van der Waals surface area contributed by atoms with Crippen molar-refractivity contribution in [2.45, 2.75) is 19.3 Å². The summed E-state index contributed by atoms with van der Waals surface area (Å²) in [7, 11) is 0. The summed E-state index contributed by atoms with van der Waals surface area (Å²) < 4.78 is 0. The van der Waals surface area contributed by atoms with E-state index in [2.05, 4.69) is 0 Å². The zero-order valence-corrected chi connectivity index (χ0v) is 10.9. The molecule has 0 aliphatic carbocycles. The lowest BCUT2D eigenvalue weighted by Gasteiger charge is -2.08. The number of aryl methyl sites for hydroxylation is 2. The third-order valence-corrected chi connectivity index (χ3v) is 3.23. The van der Waals surface area contributed by atoms with Crippen LogP contribution in [-0.4, -0.2) is 0 Å². The van der Waals surface area contributed by atoms with Crippen LogP contribution in [0.15, 0.2) is 36.4 Å². The highest BCUT2D eigenvalue weighted by Crippen LogP contribution is 2.21. The molecule has 0 amide bonds. The van der Waals surface area contributed by atoms with Crippen molar-refractivity contribution in [3.8, 4) is 0 Å². The highest BCUT2D eigenvalue weighted by atomic mass is 14.6. The molecule has 2 aromatic carbocycles. The lowest BCUT2D eigenvalue weighted by atomic mass is 10.0. The molecule has 100 valence electrons. The predicted molar refractivity (Wildman–Crippen MR) is 82.6 cm³/mol. The van der Waals surface area contributed by atoms with Gasteiger partial charge in [0.25, 0.3) is 0 Å². The summed E-state index contributed by atoms with van der Waals surface area (Å²) in [5, 5.41) is 0. The molecular weight excluding hydrogens is 236 g/mol. The average molecular weight is 256 g/mol. The fraction of sp³-hybridized carbons (Fsp3) is 0.200. The summed E-state index contributed by atoms with van der Waals surface area (Å²) in [6.45, 7) is 0. The zero-order valence-electron chi connectivity index (χ0n) is 10.9. The monoisotopic (exact) mass is 256 g/mol. The Labute approximate surface area is 113 Å². The van der Waals surface area contributed by atoms with Gasteiger partial charge in [-0.15, -0.1) is 0 Å². The van der Waals surface area contributed by atoms with Crippen molar-refractivity contribution in [2.24, 2.45) is 0 Å². The largest absolute Gasteiger partial charge is 0.399 e. The lowest BCUT2D eigenvalue weighted by Crippen LogP contribution is -2.00. The van der Waals surface area contributed by atoms with Gasteiger partial charge in [0.1, 0.15) is 0 Å². The first-order valence-corrected chi connectivity index (χ1v) is 6.34. The summed E-state index contributed by atoms with van der Waals surface area (Å²) in [6, 6.07) is 11.3. The molecule has 2 rings (SSSR count). The van der Waals surface area contributed by atoms with Gasteiger partial charge in [-0.1, -0.05) is 12.1 Å². The summed E-state index contributed by atoms with van der Waals surface area (Å²) in [5.41, 5.74) is 28.4. The minimum atomic E-state index is 0.698. The molecule has 19 heavy (non-hydrogen) atoms. The number of nitrogens with two attached hydrogens (primary N) is 4. The van der Waals surface area contributed by atoms with Gasteiger partial charge in [0.05, 0.1) is 0 Å². The van der Waals surface area contributed by atoms with E-state index in [1.165, 1.54) is 0 Å². The van der Waals surface area contributed by atoms with Crippen molar-refractivity contribution in [3.63, 3.8) is 0 Å². The molecule has 2 aromatic rings. The molecule has 0 saturated carbocycles. The van der Waals surface area contributed by atoms with E-state index >= 15 is 0 Å².